The summed E-state index contributed by atoms with van der Waals surface area (Å²) < 4.78 is 28.6. The second-order valence-electron chi connectivity index (χ2n) is 11.8. The number of nitrogens with one attached hydrogen (secondary N) is 2. The molecule has 13 nitrogen and oxygen atoms in total. The highest BCUT2D eigenvalue weighted by atomic mass is 16.7. The number of carbonyl (C=O) groups is 2. The molecule has 5 rings (SSSR count). The average molecular weight is 649 g/mol. The molecule has 0 radical (unpaired) electrons. The second kappa shape index (κ2) is 15.7. The molecule has 0 saturated carbocycles. The predicted octanol–water partition coefficient (Wildman–Crippen LogP) is 6.78. The Bertz CT molecular complexity index is 1560. The van der Waals surface area contributed by atoms with Gasteiger partial charge in [-0.1, -0.05) is 24.3 Å². The zero-order valence-corrected chi connectivity index (χ0v) is 26.6. The molecule has 1 fully saturated rings. The molecular weight excluding hydrogens is 608 g/mol. The summed E-state index contributed by atoms with van der Waals surface area (Å²) in [6.45, 7) is 7.20. The zero-order chi connectivity index (χ0) is 33.2. The molecule has 3 aromatic carbocycles. The maximum atomic E-state index is 12.4. The van der Waals surface area contributed by atoms with Crippen LogP contribution in [0.15, 0.2) is 66.7 Å². The van der Waals surface area contributed by atoms with E-state index in [1.165, 1.54) is 18.2 Å². The number of benzene rings is 3. The normalized spacial score (nSPS) is 16.6. The Morgan fingerprint density at radius 3 is 2.55 bits per heavy atom. The molecule has 0 aliphatic carbocycles. The summed E-state index contributed by atoms with van der Waals surface area (Å²) in [6.07, 6.45) is 2.06. The first-order valence-corrected chi connectivity index (χ1v) is 15.6. The van der Waals surface area contributed by atoms with Gasteiger partial charge in [0, 0.05) is 56.1 Å². The molecule has 1 atom stereocenters. The van der Waals surface area contributed by atoms with Crippen LogP contribution in [-0.2, 0) is 32.2 Å². The highest BCUT2D eigenvalue weighted by Gasteiger charge is 2.33. The molecule has 2 aliphatic heterocycles. The van der Waals surface area contributed by atoms with E-state index in [1.54, 1.807) is 29.2 Å². The molecule has 3 aromatic rings. The van der Waals surface area contributed by atoms with Crippen molar-refractivity contribution in [2.75, 3.05) is 43.5 Å². The van der Waals surface area contributed by atoms with Gasteiger partial charge in [0.05, 0.1) is 37.9 Å². The smallest absolute Gasteiger partial charge is 0.410 e. The van der Waals surface area contributed by atoms with Gasteiger partial charge < -0.3 is 39.2 Å². The monoisotopic (exact) mass is 648 g/mol. The molecule has 0 bridgehead atoms. The van der Waals surface area contributed by atoms with Crippen LogP contribution in [0.2, 0.25) is 0 Å². The number of fused-ring (bicyclic) bond motifs is 1. The molecule has 2 N–H and O–H groups in total. The summed E-state index contributed by atoms with van der Waals surface area (Å²) in [5.41, 5.74) is 3.54. The van der Waals surface area contributed by atoms with Gasteiger partial charge in [0.1, 0.15) is 11.9 Å². The molecular formula is C34H40N4O9. The summed E-state index contributed by atoms with van der Waals surface area (Å²) >= 11 is 0. The number of carbonyl (C=O) groups excluding carboxylic acids is 2. The highest BCUT2D eigenvalue weighted by molar-refractivity contribution is 5.99. The number of unbranched alkanes of at least 4 members (excludes halogenated alkanes) is 2. The summed E-state index contributed by atoms with van der Waals surface area (Å²) in [5.74, 6) is 0.145. The maximum Gasteiger partial charge on any atom is 0.410 e. The van der Waals surface area contributed by atoms with Crippen LogP contribution in [0, 0.1) is 10.1 Å². The molecule has 0 spiro atoms. The van der Waals surface area contributed by atoms with Crippen molar-refractivity contribution in [3.05, 3.63) is 93.5 Å². The van der Waals surface area contributed by atoms with Crippen LogP contribution in [0.4, 0.5) is 26.7 Å². The molecule has 250 valence electrons. The van der Waals surface area contributed by atoms with Crippen molar-refractivity contribution in [1.29, 1.82) is 0 Å². The number of amides is 3. The number of nitrogens with zero attached hydrogens (tertiary/aromatic N) is 2. The number of cyclic esters (lactones) is 1. The average Bonchev–Trinajstić information content (AvgIpc) is 3.41. The van der Waals surface area contributed by atoms with Crippen molar-refractivity contribution in [1.82, 2.24) is 4.90 Å². The minimum Gasteiger partial charge on any atom is -0.463 e. The second-order valence-corrected chi connectivity index (χ2v) is 11.8. The third-order valence-electron chi connectivity index (χ3n) is 7.63. The van der Waals surface area contributed by atoms with E-state index in [1.807, 2.05) is 38.1 Å². The van der Waals surface area contributed by atoms with Crippen LogP contribution in [0.1, 0.15) is 55.9 Å². The zero-order valence-electron chi connectivity index (χ0n) is 26.6. The third kappa shape index (κ3) is 9.88. The van der Waals surface area contributed by atoms with E-state index in [4.69, 9.17) is 23.7 Å². The van der Waals surface area contributed by atoms with Crippen LogP contribution in [-0.4, -0.2) is 60.6 Å². The van der Waals surface area contributed by atoms with E-state index in [2.05, 4.69) is 10.6 Å². The Morgan fingerprint density at radius 2 is 1.74 bits per heavy atom. The van der Waals surface area contributed by atoms with Gasteiger partial charge in [0.15, 0.2) is 0 Å². The first-order chi connectivity index (χ1) is 22.6. The first-order valence-electron chi connectivity index (χ1n) is 15.6. The van der Waals surface area contributed by atoms with Crippen molar-refractivity contribution in [2.45, 2.75) is 58.2 Å². The molecule has 0 aromatic heterocycles. The fourth-order valence-electron chi connectivity index (χ4n) is 5.25. The Labute approximate surface area is 273 Å². The van der Waals surface area contributed by atoms with Crippen molar-refractivity contribution in [2.24, 2.45) is 0 Å². The van der Waals surface area contributed by atoms with Gasteiger partial charge in [-0.2, -0.15) is 0 Å². The third-order valence-corrected chi connectivity index (χ3v) is 7.63. The highest BCUT2D eigenvalue weighted by Crippen LogP contribution is 2.35. The first kappa shape index (κ1) is 33.6. The Balaban J connectivity index is 0.913. The molecule has 3 amide bonds. The van der Waals surface area contributed by atoms with Crippen LogP contribution in [0.5, 0.6) is 5.75 Å². The number of urea groups is 1. The lowest BCUT2D eigenvalue weighted by Crippen LogP contribution is -2.35. The SMILES string of the molecule is CC1(C)OCc2cc([C@@H]3CN(CCCCCOCCOCc4cccc(NC(=O)Nc5cccc([N+](=O)[O-])c5)c4)C(=O)O3)ccc2O1. The minimum atomic E-state index is -0.651. The van der Waals surface area contributed by atoms with Crippen molar-refractivity contribution >= 4 is 29.2 Å². The lowest BCUT2D eigenvalue weighted by molar-refractivity contribution is -0.384. The van der Waals surface area contributed by atoms with E-state index < -0.39 is 16.7 Å². The van der Waals surface area contributed by atoms with Crippen molar-refractivity contribution in [3.63, 3.8) is 0 Å². The fourth-order valence-corrected chi connectivity index (χ4v) is 5.25. The van der Waals surface area contributed by atoms with Gasteiger partial charge in [0.25, 0.3) is 5.69 Å². The molecule has 0 unspecified atom stereocenters. The largest absolute Gasteiger partial charge is 0.463 e. The van der Waals surface area contributed by atoms with Crippen LogP contribution >= 0.6 is 0 Å². The quantitative estimate of drug-likeness (QED) is 0.103. The number of nitro benzene ring substituents is 1. The van der Waals surface area contributed by atoms with Gasteiger partial charge in [-0.15, -0.1) is 0 Å². The maximum absolute atomic E-state index is 12.4. The van der Waals surface area contributed by atoms with Crippen LogP contribution in [0.25, 0.3) is 0 Å². The van der Waals surface area contributed by atoms with Crippen LogP contribution in [0.3, 0.4) is 0 Å². The topological polar surface area (TPSA) is 151 Å². The Morgan fingerprint density at radius 1 is 0.979 bits per heavy atom. The number of rotatable bonds is 15. The fraction of sp³-hybridized carbons (Fsp3) is 0.412. The molecule has 2 heterocycles. The summed E-state index contributed by atoms with van der Waals surface area (Å²) in [6, 6.07) is 18.3. The lowest BCUT2D eigenvalue weighted by Gasteiger charge is -2.32. The van der Waals surface area contributed by atoms with Crippen molar-refractivity contribution < 1.29 is 38.2 Å². The predicted molar refractivity (Wildman–Crippen MR) is 173 cm³/mol. The number of non-ortho nitro benzene ring substituents is 1. The van der Waals surface area contributed by atoms with E-state index >= 15 is 0 Å². The Hall–Kier alpha value is -4.72. The lowest BCUT2D eigenvalue weighted by atomic mass is 10.0. The summed E-state index contributed by atoms with van der Waals surface area (Å²) in [4.78, 5) is 36.9. The minimum absolute atomic E-state index is 0.107. The molecule has 1 saturated heterocycles. The number of hydrogen-bond acceptors (Lipinski definition) is 9. The molecule has 47 heavy (non-hydrogen) atoms. The van der Waals surface area contributed by atoms with Gasteiger partial charge >= 0.3 is 12.1 Å². The summed E-state index contributed by atoms with van der Waals surface area (Å²) in [5, 5.41) is 16.2. The van der Waals surface area contributed by atoms with E-state index in [-0.39, 0.29) is 17.9 Å². The van der Waals surface area contributed by atoms with E-state index in [0.717, 1.165) is 41.7 Å². The van der Waals surface area contributed by atoms with Gasteiger partial charge in [-0.25, -0.2) is 9.59 Å². The van der Waals surface area contributed by atoms with Crippen molar-refractivity contribution in [3.8, 4) is 5.75 Å². The standard InChI is InChI=1S/C34H40N4O9/c1-34(2)45-23-26-19-25(12-13-30(26)47-34)31-21-37(33(40)46-31)14-4-3-5-15-43-16-17-44-22-24-8-6-9-27(18-24)35-32(39)36-28-10-7-11-29(20-28)38(41)42/h6-13,18-20,31H,3-5,14-17,21-23H2,1-2H3,(H2,35,36,39)/t31-/m0/s1. The number of hydrogen-bond donors (Lipinski definition) is 2. The molecule has 2 aliphatic rings. The number of ether oxygens (including phenoxy) is 5. The molecule has 13 heteroatoms. The van der Waals surface area contributed by atoms with Crippen LogP contribution < -0.4 is 15.4 Å². The van der Waals surface area contributed by atoms with E-state index in [0.29, 0.717) is 57.5 Å². The Kier molecular flexibility index (Phi) is 11.2. The van der Waals surface area contributed by atoms with Gasteiger partial charge in [-0.05, 0) is 60.7 Å². The van der Waals surface area contributed by atoms with Gasteiger partial charge in [-0.3, -0.25) is 10.1 Å². The van der Waals surface area contributed by atoms with E-state index in [9.17, 15) is 19.7 Å². The van der Waals surface area contributed by atoms with Gasteiger partial charge in [0.2, 0.25) is 5.79 Å². The number of anilines is 2. The number of nitro groups is 1. The summed E-state index contributed by atoms with van der Waals surface area (Å²) in [7, 11) is 0.